The summed E-state index contributed by atoms with van der Waals surface area (Å²) in [6.45, 7) is 2.33. The Hall–Kier alpha value is -0.630. The molecule has 0 aromatic carbocycles. The molecular formula is C18H26O2. The molecule has 110 valence electrons. The van der Waals surface area contributed by atoms with Gasteiger partial charge in [-0.1, -0.05) is 12.5 Å². The minimum Gasteiger partial charge on any atom is -0.393 e. The van der Waals surface area contributed by atoms with E-state index in [1.54, 1.807) is 0 Å². The van der Waals surface area contributed by atoms with E-state index in [1.165, 1.54) is 37.7 Å². The molecule has 0 heterocycles. The number of carbonyl (C=O) groups excluding carboxylic acids is 1. The van der Waals surface area contributed by atoms with E-state index in [9.17, 15) is 9.90 Å². The number of allylic oxidation sites excluding steroid dienone is 2. The van der Waals surface area contributed by atoms with Gasteiger partial charge in [-0.15, -0.1) is 0 Å². The molecule has 0 aromatic rings. The van der Waals surface area contributed by atoms with E-state index < -0.39 is 0 Å². The van der Waals surface area contributed by atoms with Crippen LogP contribution in [0.3, 0.4) is 0 Å². The monoisotopic (exact) mass is 274 g/mol. The standard InChI is InChI=1S/C18H26O2/c1-18-7-6-12-8-13-9-14(19)3-2-11(13)10-15(12)16(18)4-5-17(18)20/h9,11-12,15-17,20H,2-8,10H2,1H3. The third-order valence-corrected chi connectivity index (χ3v) is 7.20. The average molecular weight is 274 g/mol. The Kier molecular flexibility index (Phi) is 2.89. The van der Waals surface area contributed by atoms with Crippen molar-refractivity contribution in [3.8, 4) is 0 Å². The molecule has 20 heavy (non-hydrogen) atoms. The number of ketones is 1. The smallest absolute Gasteiger partial charge is 0.155 e. The fourth-order valence-corrected chi connectivity index (χ4v) is 5.97. The van der Waals surface area contributed by atoms with Gasteiger partial charge in [0, 0.05) is 6.42 Å². The first kappa shape index (κ1) is 13.1. The number of hydrogen-bond acceptors (Lipinski definition) is 2. The van der Waals surface area contributed by atoms with E-state index in [4.69, 9.17) is 0 Å². The highest BCUT2D eigenvalue weighted by Gasteiger charge is 2.55. The predicted octanol–water partition coefficient (Wildman–Crippen LogP) is 3.49. The zero-order valence-electron chi connectivity index (χ0n) is 12.5. The fraction of sp³-hybridized carbons (Fsp3) is 0.833. The van der Waals surface area contributed by atoms with Gasteiger partial charge in [0.1, 0.15) is 0 Å². The van der Waals surface area contributed by atoms with Crippen LogP contribution in [0.15, 0.2) is 11.6 Å². The van der Waals surface area contributed by atoms with Gasteiger partial charge in [-0.2, -0.15) is 0 Å². The van der Waals surface area contributed by atoms with Gasteiger partial charge in [-0.05, 0) is 80.1 Å². The molecule has 0 radical (unpaired) electrons. The average Bonchev–Trinajstić information content (AvgIpc) is 2.73. The molecule has 6 unspecified atom stereocenters. The van der Waals surface area contributed by atoms with E-state index in [1.807, 2.05) is 6.08 Å². The second kappa shape index (κ2) is 4.43. The predicted molar refractivity (Wildman–Crippen MR) is 78.1 cm³/mol. The Balaban J connectivity index is 1.61. The molecular weight excluding hydrogens is 248 g/mol. The van der Waals surface area contributed by atoms with Crippen LogP contribution in [0.4, 0.5) is 0 Å². The maximum Gasteiger partial charge on any atom is 0.155 e. The molecule has 2 nitrogen and oxygen atoms in total. The van der Waals surface area contributed by atoms with Crippen molar-refractivity contribution in [1.82, 2.24) is 0 Å². The van der Waals surface area contributed by atoms with Crippen LogP contribution in [0.25, 0.3) is 0 Å². The summed E-state index contributed by atoms with van der Waals surface area (Å²) in [6.07, 6.45) is 10.9. The SMILES string of the molecule is CC12CCC3CC4=CC(=O)CCC4CC3C1CCC2O. The van der Waals surface area contributed by atoms with E-state index in [0.29, 0.717) is 11.7 Å². The van der Waals surface area contributed by atoms with E-state index in [-0.39, 0.29) is 11.5 Å². The zero-order chi connectivity index (χ0) is 13.9. The van der Waals surface area contributed by atoms with Gasteiger partial charge >= 0.3 is 0 Å². The zero-order valence-corrected chi connectivity index (χ0v) is 12.5. The van der Waals surface area contributed by atoms with Crippen LogP contribution in [0.5, 0.6) is 0 Å². The van der Waals surface area contributed by atoms with Crippen molar-refractivity contribution >= 4 is 5.78 Å². The van der Waals surface area contributed by atoms with Gasteiger partial charge in [0.2, 0.25) is 0 Å². The van der Waals surface area contributed by atoms with Crippen LogP contribution >= 0.6 is 0 Å². The summed E-state index contributed by atoms with van der Waals surface area (Å²) in [5, 5.41) is 10.4. The summed E-state index contributed by atoms with van der Waals surface area (Å²) in [4.78, 5) is 11.6. The molecule has 0 aromatic heterocycles. The van der Waals surface area contributed by atoms with Gasteiger partial charge in [0.15, 0.2) is 5.78 Å². The maximum absolute atomic E-state index is 11.6. The van der Waals surface area contributed by atoms with E-state index in [0.717, 1.165) is 37.0 Å². The first-order chi connectivity index (χ1) is 9.58. The topological polar surface area (TPSA) is 37.3 Å². The second-order valence-electron chi connectivity index (χ2n) is 8.03. The largest absolute Gasteiger partial charge is 0.393 e. The molecule has 4 aliphatic rings. The highest BCUT2D eigenvalue weighted by molar-refractivity contribution is 5.91. The van der Waals surface area contributed by atoms with Crippen LogP contribution in [0.1, 0.15) is 58.3 Å². The van der Waals surface area contributed by atoms with Crippen LogP contribution in [-0.4, -0.2) is 17.0 Å². The van der Waals surface area contributed by atoms with Crippen LogP contribution in [0, 0.1) is 29.1 Å². The van der Waals surface area contributed by atoms with Crippen molar-refractivity contribution in [3.05, 3.63) is 11.6 Å². The molecule has 4 aliphatic carbocycles. The molecule has 6 atom stereocenters. The Labute approximate surface area is 121 Å². The number of carbonyl (C=O) groups is 1. The fourth-order valence-electron chi connectivity index (χ4n) is 5.97. The molecule has 2 heteroatoms. The number of rotatable bonds is 0. The molecule has 1 N–H and O–H groups in total. The number of fused-ring (bicyclic) bond motifs is 4. The van der Waals surface area contributed by atoms with Crippen molar-refractivity contribution in [2.75, 3.05) is 0 Å². The molecule has 3 saturated carbocycles. The number of hydrogen-bond donors (Lipinski definition) is 1. The Morgan fingerprint density at radius 1 is 1.25 bits per heavy atom. The minimum atomic E-state index is -0.0710. The van der Waals surface area contributed by atoms with Crippen molar-refractivity contribution < 1.29 is 9.90 Å². The summed E-state index contributed by atoms with van der Waals surface area (Å²) in [5.74, 6) is 3.35. The minimum absolute atomic E-state index is 0.0710. The normalized spacial score (nSPS) is 51.0. The second-order valence-corrected chi connectivity index (χ2v) is 8.03. The van der Waals surface area contributed by atoms with E-state index in [2.05, 4.69) is 6.92 Å². The van der Waals surface area contributed by atoms with Crippen molar-refractivity contribution in [3.63, 3.8) is 0 Å². The first-order valence-corrected chi connectivity index (χ1v) is 8.49. The molecule has 0 bridgehead atoms. The van der Waals surface area contributed by atoms with Crippen LogP contribution in [0.2, 0.25) is 0 Å². The van der Waals surface area contributed by atoms with Gasteiger partial charge in [0.25, 0.3) is 0 Å². The lowest BCUT2D eigenvalue weighted by Crippen LogP contribution is -2.46. The number of aliphatic hydroxyl groups excluding tert-OH is 1. The highest BCUT2D eigenvalue weighted by atomic mass is 16.3. The van der Waals surface area contributed by atoms with Crippen molar-refractivity contribution in [2.24, 2.45) is 29.1 Å². The number of aliphatic hydroxyl groups is 1. The molecule has 0 spiro atoms. The van der Waals surface area contributed by atoms with Gasteiger partial charge in [-0.3, -0.25) is 4.79 Å². The van der Waals surface area contributed by atoms with Crippen molar-refractivity contribution in [2.45, 2.75) is 64.4 Å². The van der Waals surface area contributed by atoms with E-state index >= 15 is 0 Å². The van der Waals surface area contributed by atoms with Gasteiger partial charge < -0.3 is 5.11 Å². The molecule has 4 rings (SSSR count). The lowest BCUT2D eigenvalue weighted by molar-refractivity contribution is -0.115. The Morgan fingerprint density at radius 3 is 2.95 bits per heavy atom. The maximum atomic E-state index is 11.6. The third-order valence-electron chi connectivity index (χ3n) is 7.20. The molecule has 0 aliphatic heterocycles. The van der Waals surface area contributed by atoms with Crippen molar-refractivity contribution in [1.29, 1.82) is 0 Å². The van der Waals surface area contributed by atoms with Crippen LogP contribution < -0.4 is 0 Å². The third kappa shape index (κ3) is 1.76. The quantitative estimate of drug-likeness (QED) is 0.734. The van der Waals surface area contributed by atoms with Crippen LogP contribution in [-0.2, 0) is 4.79 Å². The summed E-state index contributed by atoms with van der Waals surface area (Å²) in [6, 6.07) is 0. The summed E-state index contributed by atoms with van der Waals surface area (Å²) < 4.78 is 0. The Bertz CT molecular complexity index is 466. The summed E-state index contributed by atoms with van der Waals surface area (Å²) >= 11 is 0. The molecule has 0 amide bonds. The summed E-state index contributed by atoms with van der Waals surface area (Å²) in [7, 11) is 0. The molecule has 3 fully saturated rings. The lowest BCUT2D eigenvalue weighted by atomic mass is 9.53. The first-order valence-electron chi connectivity index (χ1n) is 8.49. The van der Waals surface area contributed by atoms with Gasteiger partial charge in [-0.25, -0.2) is 0 Å². The van der Waals surface area contributed by atoms with Gasteiger partial charge in [0.05, 0.1) is 6.10 Å². The lowest BCUT2D eigenvalue weighted by Gasteiger charge is -2.52. The highest BCUT2D eigenvalue weighted by Crippen LogP contribution is 2.60. The Morgan fingerprint density at radius 2 is 2.10 bits per heavy atom. The summed E-state index contributed by atoms with van der Waals surface area (Å²) in [5.41, 5.74) is 1.65. The molecule has 0 saturated heterocycles.